The van der Waals surface area contributed by atoms with E-state index in [9.17, 15) is 0 Å². The van der Waals surface area contributed by atoms with E-state index in [1.807, 2.05) is 0 Å². The molecule has 0 aromatic heterocycles. The molecular formula is C20H27NO. The summed E-state index contributed by atoms with van der Waals surface area (Å²) in [7, 11) is 0. The second-order valence-electron chi connectivity index (χ2n) is 5.80. The summed E-state index contributed by atoms with van der Waals surface area (Å²) in [4.78, 5) is 0. The summed E-state index contributed by atoms with van der Waals surface area (Å²) >= 11 is 0. The van der Waals surface area contributed by atoms with Crippen molar-refractivity contribution in [2.75, 3.05) is 5.32 Å². The maximum atomic E-state index is 5.82. The van der Waals surface area contributed by atoms with Crippen LogP contribution in [0.25, 0.3) is 0 Å². The standard InChI is InChI=1S/C20H27NO/c1-5-16(4)22-19-12-10-17(11-13-19)14-21-20-15(3)8-7-9-18(20)6-2/h7-13,16,21H,5-6,14H2,1-4H3. The molecule has 1 atom stereocenters. The van der Waals surface area contributed by atoms with Crippen LogP contribution in [-0.2, 0) is 13.0 Å². The van der Waals surface area contributed by atoms with E-state index in [1.54, 1.807) is 0 Å². The Morgan fingerprint density at radius 2 is 1.77 bits per heavy atom. The number of nitrogens with one attached hydrogen (secondary N) is 1. The molecule has 2 rings (SSSR count). The fourth-order valence-electron chi connectivity index (χ4n) is 2.47. The first kappa shape index (κ1) is 16.4. The summed E-state index contributed by atoms with van der Waals surface area (Å²) < 4.78 is 5.82. The van der Waals surface area contributed by atoms with E-state index in [4.69, 9.17) is 4.74 Å². The molecule has 22 heavy (non-hydrogen) atoms. The Kier molecular flexibility index (Phi) is 5.88. The van der Waals surface area contributed by atoms with Gasteiger partial charge >= 0.3 is 0 Å². The molecule has 2 heteroatoms. The molecule has 0 aliphatic rings. The molecule has 0 saturated carbocycles. The lowest BCUT2D eigenvalue weighted by molar-refractivity contribution is 0.217. The van der Waals surface area contributed by atoms with Gasteiger partial charge in [0.1, 0.15) is 5.75 Å². The average molecular weight is 297 g/mol. The molecule has 0 aliphatic heterocycles. The molecule has 0 amide bonds. The van der Waals surface area contributed by atoms with Gasteiger partial charge in [-0.15, -0.1) is 0 Å². The second-order valence-corrected chi connectivity index (χ2v) is 5.80. The highest BCUT2D eigenvalue weighted by molar-refractivity contribution is 5.57. The Morgan fingerprint density at radius 3 is 2.41 bits per heavy atom. The van der Waals surface area contributed by atoms with Crippen LogP contribution in [0.1, 0.15) is 43.9 Å². The van der Waals surface area contributed by atoms with Crippen molar-refractivity contribution in [2.24, 2.45) is 0 Å². The number of hydrogen-bond donors (Lipinski definition) is 1. The fourth-order valence-corrected chi connectivity index (χ4v) is 2.47. The minimum absolute atomic E-state index is 0.267. The third-order valence-electron chi connectivity index (χ3n) is 4.04. The number of aryl methyl sites for hydroxylation is 2. The Balaban J connectivity index is 2.00. The minimum atomic E-state index is 0.267. The monoisotopic (exact) mass is 297 g/mol. The molecule has 0 saturated heterocycles. The molecule has 2 nitrogen and oxygen atoms in total. The molecule has 2 aromatic rings. The van der Waals surface area contributed by atoms with Gasteiger partial charge in [0.25, 0.3) is 0 Å². The van der Waals surface area contributed by atoms with Crippen LogP contribution in [-0.4, -0.2) is 6.10 Å². The van der Waals surface area contributed by atoms with Gasteiger partial charge in [-0.1, -0.05) is 44.2 Å². The van der Waals surface area contributed by atoms with Crippen molar-refractivity contribution < 1.29 is 4.74 Å². The summed E-state index contributed by atoms with van der Waals surface area (Å²) in [6.45, 7) is 9.42. The zero-order valence-electron chi connectivity index (χ0n) is 14.1. The van der Waals surface area contributed by atoms with Crippen LogP contribution >= 0.6 is 0 Å². The van der Waals surface area contributed by atoms with Crippen LogP contribution in [0.3, 0.4) is 0 Å². The molecule has 1 N–H and O–H groups in total. The molecule has 0 heterocycles. The second kappa shape index (κ2) is 7.88. The summed E-state index contributed by atoms with van der Waals surface area (Å²) in [5.74, 6) is 0.947. The number of ether oxygens (including phenoxy) is 1. The summed E-state index contributed by atoms with van der Waals surface area (Å²) in [6, 6.07) is 14.9. The molecule has 2 aromatic carbocycles. The van der Waals surface area contributed by atoms with Gasteiger partial charge in [0.15, 0.2) is 0 Å². The van der Waals surface area contributed by atoms with Crippen molar-refractivity contribution in [3.05, 3.63) is 59.2 Å². The zero-order chi connectivity index (χ0) is 15.9. The number of anilines is 1. The maximum Gasteiger partial charge on any atom is 0.119 e. The van der Waals surface area contributed by atoms with Gasteiger partial charge < -0.3 is 10.1 Å². The van der Waals surface area contributed by atoms with Crippen molar-refractivity contribution >= 4 is 5.69 Å². The summed E-state index contributed by atoms with van der Waals surface area (Å²) in [5.41, 5.74) is 5.21. The van der Waals surface area contributed by atoms with Crippen LogP contribution in [0.4, 0.5) is 5.69 Å². The number of rotatable bonds is 7. The lowest BCUT2D eigenvalue weighted by Gasteiger charge is -2.15. The third-order valence-corrected chi connectivity index (χ3v) is 4.04. The highest BCUT2D eigenvalue weighted by Crippen LogP contribution is 2.22. The van der Waals surface area contributed by atoms with Gasteiger partial charge in [-0.2, -0.15) is 0 Å². The van der Waals surface area contributed by atoms with Crippen molar-refractivity contribution in [1.82, 2.24) is 0 Å². The fraction of sp³-hybridized carbons (Fsp3) is 0.400. The number of benzene rings is 2. The lowest BCUT2D eigenvalue weighted by Crippen LogP contribution is -2.09. The Labute approximate surface area is 134 Å². The van der Waals surface area contributed by atoms with Gasteiger partial charge in [0, 0.05) is 12.2 Å². The van der Waals surface area contributed by atoms with Gasteiger partial charge in [0.05, 0.1) is 6.10 Å². The van der Waals surface area contributed by atoms with E-state index < -0.39 is 0 Å². The highest BCUT2D eigenvalue weighted by atomic mass is 16.5. The molecule has 0 radical (unpaired) electrons. The molecule has 0 bridgehead atoms. The summed E-state index contributed by atoms with van der Waals surface area (Å²) in [6.07, 6.45) is 2.34. The summed E-state index contributed by atoms with van der Waals surface area (Å²) in [5, 5.41) is 3.58. The lowest BCUT2D eigenvalue weighted by atomic mass is 10.1. The predicted molar refractivity (Wildman–Crippen MR) is 94.7 cm³/mol. The topological polar surface area (TPSA) is 21.3 Å². The zero-order valence-corrected chi connectivity index (χ0v) is 14.1. The van der Waals surface area contributed by atoms with Crippen molar-refractivity contribution in [1.29, 1.82) is 0 Å². The molecule has 118 valence electrons. The van der Waals surface area contributed by atoms with Gasteiger partial charge in [0.2, 0.25) is 0 Å². The molecule has 1 unspecified atom stereocenters. The van der Waals surface area contributed by atoms with Crippen LogP contribution < -0.4 is 10.1 Å². The van der Waals surface area contributed by atoms with Crippen LogP contribution in [0.5, 0.6) is 5.75 Å². The van der Waals surface area contributed by atoms with Crippen molar-refractivity contribution in [3.8, 4) is 5.75 Å². The van der Waals surface area contributed by atoms with Crippen molar-refractivity contribution in [3.63, 3.8) is 0 Å². The SMILES string of the molecule is CCc1cccc(C)c1NCc1ccc(OC(C)CC)cc1. The van der Waals surface area contributed by atoms with Crippen LogP contribution in [0.2, 0.25) is 0 Å². The van der Waals surface area contributed by atoms with Crippen LogP contribution in [0, 0.1) is 6.92 Å². The number of para-hydroxylation sites is 1. The number of hydrogen-bond acceptors (Lipinski definition) is 2. The van der Waals surface area contributed by atoms with E-state index >= 15 is 0 Å². The Morgan fingerprint density at radius 1 is 1.05 bits per heavy atom. The largest absolute Gasteiger partial charge is 0.491 e. The van der Waals surface area contributed by atoms with Crippen LogP contribution in [0.15, 0.2) is 42.5 Å². The van der Waals surface area contributed by atoms with E-state index in [0.29, 0.717) is 0 Å². The predicted octanol–water partition coefficient (Wildman–Crippen LogP) is 5.35. The molecule has 0 fully saturated rings. The smallest absolute Gasteiger partial charge is 0.119 e. The van der Waals surface area contributed by atoms with Gasteiger partial charge in [-0.05, 0) is 55.5 Å². The van der Waals surface area contributed by atoms with E-state index in [-0.39, 0.29) is 6.10 Å². The maximum absolute atomic E-state index is 5.82. The first-order valence-corrected chi connectivity index (χ1v) is 8.22. The first-order valence-electron chi connectivity index (χ1n) is 8.22. The van der Waals surface area contributed by atoms with Gasteiger partial charge in [-0.25, -0.2) is 0 Å². The third kappa shape index (κ3) is 4.27. The Hall–Kier alpha value is -1.96. The quantitative estimate of drug-likeness (QED) is 0.744. The highest BCUT2D eigenvalue weighted by Gasteiger charge is 2.04. The molecule has 0 spiro atoms. The van der Waals surface area contributed by atoms with Crippen molar-refractivity contribution in [2.45, 2.75) is 53.2 Å². The van der Waals surface area contributed by atoms with E-state index in [1.165, 1.54) is 22.4 Å². The average Bonchev–Trinajstić information content (AvgIpc) is 2.54. The molecule has 0 aliphatic carbocycles. The normalized spacial score (nSPS) is 12.0. The molecular weight excluding hydrogens is 270 g/mol. The van der Waals surface area contributed by atoms with E-state index in [0.717, 1.165) is 25.1 Å². The van der Waals surface area contributed by atoms with Gasteiger partial charge in [-0.3, -0.25) is 0 Å². The van der Waals surface area contributed by atoms with E-state index in [2.05, 4.69) is 75.5 Å². The minimum Gasteiger partial charge on any atom is -0.491 e. The first-order chi connectivity index (χ1) is 10.6. The Bertz CT molecular complexity index is 589.